The first-order valence-electron chi connectivity index (χ1n) is 17.1. The minimum absolute atomic E-state index is 0.126. The molecule has 0 spiro atoms. The number of hydrogen-bond acceptors (Lipinski definition) is 5. The van der Waals surface area contributed by atoms with Crippen molar-refractivity contribution in [3.63, 3.8) is 0 Å². The molecular formula is C28H36N4O3S. The number of hydrogen-bond donors (Lipinski definition) is 0. The predicted octanol–water partition coefficient (Wildman–Crippen LogP) is 2.92. The van der Waals surface area contributed by atoms with Crippen molar-refractivity contribution in [3.8, 4) is 0 Å². The van der Waals surface area contributed by atoms with Crippen LogP contribution in [-0.2, 0) is 20.6 Å². The number of amides is 2. The van der Waals surface area contributed by atoms with Crippen LogP contribution in [0.4, 0.5) is 0 Å². The number of likely N-dealkylation sites (tertiary alicyclic amines) is 1. The molecule has 1 aromatic rings. The highest BCUT2D eigenvalue weighted by Gasteiger charge is 2.61. The summed E-state index contributed by atoms with van der Waals surface area (Å²) in [7, 11) is -1.98. The Morgan fingerprint density at radius 2 is 1.53 bits per heavy atom. The number of nitrogens with zero attached hydrogens (tertiary/aromatic N) is 4. The summed E-state index contributed by atoms with van der Waals surface area (Å²) in [5, 5.41) is 0. The Balaban J connectivity index is 1.18. The van der Waals surface area contributed by atoms with E-state index in [0.717, 1.165) is 32.1 Å². The van der Waals surface area contributed by atoms with E-state index >= 15 is 0 Å². The lowest BCUT2D eigenvalue weighted by Crippen LogP contribution is -2.51. The molecule has 0 N–H and O–H groups in total. The van der Waals surface area contributed by atoms with Gasteiger partial charge in [-0.25, -0.2) is 4.21 Å². The van der Waals surface area contributed by atoms with Crippen LogP contribution in [0.2, 0.25) is 0 Å². The van der Waals surface area contributed by atoms with Crippen molar-refractivity contribution in [2.45, 2.75) is 49.8 Å². The van der Waals surface area contributed by atoms with E-state index in [1.807, 2.05) is 0 Å². The molecule has 6 aliphatic rings. The Hall–Kier alpha value is -2.06. The smallest absolute Gasteiger partial charge is 0.233 e. The highest BCUT2D eigenvalue weighted by molar-refractivity contribution is 7.84. The summed E-state index contributed by atoms with van der Waals surface area (Å²) in [4.78, 5) is 29.5. The van der Waals surface area contributed by atoms with E-state index in [0.29, 0.717) is 22.6 Å². The van der Waals surface area contributed by atoms with Gasteiger partial charge in [0.25, 0.3) is 0 Å². The standard InChI is InChI=1S/C28H36N4O3S/c33-27-24-18-9-10-19(15-18)25(24)28(34)32(27)17-21-6-2-1-5-20(21)16-30-11-13-31(14-12-30)26-22-7-3-4-8-23(22)36(35)29-26/h3-4,7-8,18-21,24-25H,1-2,5-6,9-17H2/t18-,19+,20-,21-,24+,25-,36?/m0/s1/i11D2,12D2,13D2,14D2. The number of fused-ring (bicyclic) bond motifs is 6. The van der Waals surface area contributed by atoms with E-state index in [2.05, 4.69) is 4.40 Å². The van der Waals surface area contributed by atoms with Gasteiger partial charge in [-0.05, 0) is 67.9 Å². The molecule has 7 atom stereocenters. The molecular weight excluding hydrogens is 472 g/mol. The number of amidine groups is 1. The van der Waals surface area contributed by atoms with Gasteiger partial charge in [0.05, 0.1) is 22.2 Å². The highest BCUT2D eigenvalue weighted by atomic mass is 32.2. The van der Waals surface area contributed by atoms with Crippen molar-refractivity contribution < 1.29 is 24.8 Å². The van der Waals surface area contributed by atoms with Gasteiger partial charge < -0.3 is 4.90 Å². The fourth-order valence-corrected chi connectivity index (χ4v) is 8.48. The molecule has 2 saturated heterocycles. The van der Waals surface area contributed by atoms with E-state index in [4.69, 9.17) is 11.0 Å². The minimum Gasteiger partial charge on any atom is -0.353 e. The Morgan fingerprint density at radius 1 is 0.889 bits per heavy atom. The van der Waals surface area contributed by atoms with Crippen LogP contribution in [0.3, 0.4) is 0 Å². The zero-order valence-electron chi connectivity index (χ0n) is 28.1. The van der Waals surface area contributed by atoms with Gasteiger partial charge in [-0.1, -0.05) is 25.0 Å². The Bertz CT molecular complexity index is 1420. The first-order valence-corrected chi connectivity index (χ1v) is 14.2. The van der Waals surface area contributed by atoms with Crippen molar-refractivity contribution in [2.24, 2.45) is 39.9 Å². The average molecular weight is 517 g/mol. The average Bonchev–Trinajstić information content (AvgIpc) is 3.72. The van der Waals surface area contributed by atoms with Gasteiger partial charge in [0.2, 0.25) is 11.8 Å². The molecule has 8 heteroatoms. The van der Waals surface area contributed by atoms with Gasteiger partial charge in [-0.15, -0.1) is 0 Å². The zero-order chi connectivity index (χ0) is 31.6. The minimum atomic E-state index is -3.13. The maximum absolute atomic E-state index is 13.4. The number of piperazine rings is 1. The predicted molar refractivity (Wildman–Crippen MR) is 137 cm³/mol. The molecule has 2 amide bonds. The quantitative estimate of drug-likeness (QED) is 0.576. The lowest BCUT2D eigenvalue weighted by atomic mass is 9.78. The van der Waals surface area contributed by atoms with Gasteiger partial charge in [0.1, 0.15) is 5.84 Å². The van der Waals surface area contributed by atoms with Crippen molar-refractivity contribution in [3.05, 3.63) is 29.8 Å². The maximum atomic E-state index is 13.4. The third-order valence-electron chi connectivity index (χ3n) is 9.21. The van der Waals surface area contributed by atoms with Crippen LogP contribution >= 0.6 is 0 Å². The van der Waals surface area contributed by atoms with E-state index in [1.165, 1.54) is 17.0 Å². The van der Waals surface area contributed by atoms with E-state index in [1.54, 1.807) is 12.1 Å². The highest BCUT2D eigenvalue weighted by Crippen LogP contribution is 2.56. The zero-order valence-corrected chi connectivity index (χ0v) is 20.9. The molecule has 3 aliphatic carbocycles. The van der Waals surface area contributed by atoms with Crippen LogP contribution in [0.5, 0.6) is 0 Å². The van der Waals surface area contributed by atoms with Crippen molar-refractivity contribution in [1.82, 2.24) is 14.7 Å². The fourth-order valence-electron chi connectivity index (χ4n) is 7.50. The van der Waals surface area contributed by atoms with Crippen LogP contribution in [-0.4, -0.2) is 75.6 Å². The molecule has 192 valence electrons. The van der Waals surface area contributed by atoms with Crippen molar-refractivity contribution in [1.29, 1.82) is 0 Å². The van der Waals surface area contributed by atoms with E-state index < -0.39 is 48.7 Å². The molecule has 0 radical (unpaired) electrons. The number of carbonyl (C=O) groups is 2. The van der Waals surface area contributed by atoms with Crippen molar-refractivity contribution in [2.75, 3.05) is 39.1 Å². The summed E-state index contributed by atoms with van der Waals surface area (Å²) >= 11 is 0. The first-order chi connectivity index (χ1) is 20.6. The summed E-state index contributed by atoms with van der Waals surface area (Å²) in [5.74, 6) is -1.30. The van der Waals surface area contributed by atoms with Crippen molar-refractivity contribution >= 4 is 28.6 Å². The molecule has 1 aromatic carbocycles. The fraction of sp³-hybridized carbons (Fsp3) is 0.679. The van der Waals surface area contributed by atoms with Gasteiger partial charge in [0.15, 0.2) is 11.0 Å². The Labute approximate surface area is 227 Å². The molecule has 5 fully saturated rings. The second-order valence-electron chi connectivity index (χ2n) is 11.0. The molecule has 3 saturated carbocycles. The van der Waals surface area contributed by atoms with Gasteiger partial charge in [-0.3, -0.25) is 19.4 Å². The maximum Gasteiger partial charge on any atom is 0.233 e. The Morgan fingerprint density at radius 3 is 2.22 bits per heavy atom. The van der Waals surface area contributed by atoms with Gasteiger partial charge >= 0.3 is 0 Å². The lowest BCUT2D eigenvalue weighted by Gasteiger charge is -2.41. The molecule has 3 aliphatic heterocycles. The molecule has 7 nitrogen and oxygen atoms in total. The first kappa shape index (κ1) is 16.0. The summed E-state index contributed by atoms with van der Waals surface area (Å²) in [5.41, 5.74) is 0.157. The molecule has 7 rings (SSSR count). The van der Waals surface area contributed by atoms with Gasteiger partial charge in [0, 0.05) is 50.1 Å². The van der Waals surface area contributed by atoms with Gasteiger partial charge in [-0.2, -0.15) is 4.40 Å². The number of benzene rings is 1. The largest absolute Gasteiger partial charge is 0.353 e. The third-order valence-corrected chi connectivity index (χ3v) is 10.3. The topological polar surface area (TPSA) is 73.3 Å². The van der Waals surface area contributed by atoms with E-state index in [9.17, 15) is 13.8 Å². The monoisotopic (exact) mass is 516 g/mol. The third kappa shape index (κ3) is 3.70. The normalized spacial score (nSPS) is 46.9. The second-order valence-corrected chi connectivity index (χ2v) is 12.2. The summed E-state index contributed by atoms with van der Waals surface area (Å²) in [6, 6.07) is 6.17. The van der Waals surface area contributed by atoms with Crippen LogP contribution in [0, 0.1) is 35.5 Å². The number of rotatable bonds is 4. The molecule has 3 heterocycles. The molecule has 0 aromatic heterocycles. The lowest BCUT2D eigenvalue weighted by molar-refractivity contribution is -0.142. The summed E-state index contributed by atoms with van der Waals surface area (Å²) in [6.07, 6.45) is 5.68. The Kier molecular flexibility index (Phi) is 4.03. The van der Waals surface area contributed by atoms with Crippen LogP contribution < -0.4 is 0 Å². The number of carbonyl (C=O) groups excluding carboxylic acids is 2. The number of imide groups is 1. The van der Waals surface area contributed by atoms with Crippen LogP contribution in [0.15, 0.2) is 33.6 Å². The SMILES string of the molecule is [2H]C1([2H])N(C[C@@H]2CCCC[C@H]2CN2C(=O)[C@@H]3[C@H]4CC[C@H](C4)[C@@H]3C2=O)C([2H])([2H])C([2H])([2H])N(C2=NS(=O)c3ccccc32)C1([2H])[2H]. The molecule has 2 bridgehead atoms. The summed E-state index contributed by atoms with van der Waals surface area (Å²) in [6.45, 7) is -12.5. The summed E-state index contributed by atoms with van der Waals surface area (Å²) < 4.78 is 88.3. The second kappa shape index (κ2) is 9.05. The van der Waals surface area contributed by atoms with Crippen LogP contribution in [0.1, 0.15) is 61.5 Å². The van der Waals surface area contributed by atoms with Crippen LogP contribution in [0.25, 0.3) is 0 Å². The molecule has 36 heavy (non-hydrogen) atoms. The van der Waals surface area contributed by atoms with E-state index in [-0.39, 0.29) is 65.0 Å². The molecule has 1 unspecified atom stereocenters.